The molecular formula is C15H18FNO4. The van der Waals surface area contributed by atoms with Gasteiger partial charge in [0.1, 0.15) is 11.9 Å². The van der Waals surface area contributed by atoms with Crippen molar-refractivity contribution in [1.29, 1.82) is 0 Å². The molecule has 1 heterocycles. The van der Waals surface area contributed by atoms with Crippen LogP contribution in [0.2, 0.25) is 0 Å². The van der Waals surface area contributed by atoms with E-state index in [-0.39, 0.29) is 11.7 Å². The van der Waals surface area contributed by atoms with Gasteiger partial charge in [0, 0.05) is 25.0 Å². The van der Waals surface area contributed by atoms with E-state index in [2.05, 4.69) is 0 Å². The molecule has 1 aromatic rings. The fourth-order valence-electron chi connectivity index (χ4n) is 3.35. The number of nitro benzene ring substituents is 1. The van der Waals surface area contributed by atoms with Crippen LogP contribution in [-0.4, -0.2) is 23.2 Å². The van der Waals surface area contributed by atoms with Crippen molar-refractivity contribution in [3.8, 4) is 5.75 Å². The molecule has 0 radical (unpaired) electrons. The van der Waals surface area contributed by atoms with E-state index >= 15 is 0 Å². The zero-order valence-electron chi connectivity index (χ0n) is 11.7. The minimum atomic E-state index is -0.861. The Balaban J connectivity index is 1.68. The summed E-state index contributed by atoms with van der Waals surface area (Å²) in [6.07, 6.45) is 6.03. The average molecular weight is 295 g/mol. The Hall–Kier alpha value is -1.69. The van der Waals surface area contributed by atoms with Crippen LogP contribution in [0, 0.1) is 15.9 Å². The van der Waals surface area contributed by atoms with Gasteiger partial charge in [-0.1, -0.05) is 12.8 Å². The van der Waals surface area contributed by atoms with E-state index in [1.807, 2.05) is 0 Å². The SMILES string of the molecule is O=[N+]([O-])c1ccc(OC2CCOC3(CCCC3)C2)cc1F. The molecular weight excluding hydrogens is 277 g/mol. The number of nitrogens with zero attached hydrogens (tertiary/aromatic N) is 1. The summed E-state index contributed by atoms with van der Waals surface area (Å²) in [4.78, 5) is 9.87. The lowest BCUT2D eigenvalue weighted by atomic mass is 9.90. The highest BCUT2D eigenvalue weighted by Gasteiger charge is 2.40. The van der Waals surface area contributed by atoms with Crippen LogP contribution in [0.15, 0.2) is 18.2 Å². The number of hydrogen-bond donors (Lipinski definition) is 0. The Bertz CT molecular complexity index is 542. The van der Waals surface area contributed by atoms with Crippen LogP contribution in [0.4, 0.5) is 10.1 Å². The third-order valence-corrected chi connectivity index (χ3v) is 4.38. The Morgan fingerprint density at radius 3 is 2.81 bits per heavy atom. The maximum atomic E-state index is 13.6. The maximum Gasteiger partial charge on any atom is 0.305 e. The van der Waals surface area contributed by atoms with E-state index in [4.69, 9.17) is 9.47 Å². The molecule has 0 amide bonds. The van der Waals surface area contributed by atoms with Crippen molar-refractivity contribution >= 4 is 5.69 Å². The lowest BCUT2D eigenvalue weighted by Crippen LogP contribution is -2.41. The predicted molar refractivity (Wildman–Crippen MR) is 73.9 cm³/mol. The Morgan fingerprint density at radius 2 is 2.14 bits per heavy atom. The first-order valence-corrected chi connectivity index (χ1v) is 7.33. The number of benzene rings is 1. The molecule has 2 aliphatic rings. The molecule has 0 aromatic heterocycles. The average Bonchev–Trinajstić information content (AvgIpc) is 2.86. The molecule has 1 spiro atoms. The maximum absolute atomic E-state index is 13.6. The summed E-state index contributed by atoms with van der Waals surface area (Å²) >= 11 is 0. The molecule has 0 bridgehead atoms. The third-order valence-electron chi connectivity index (χ3n) is 4.38. The standard InChI is InChI=1S/C15H18FNO4/c16-13-9-11(3-4-14(13)17(18)19)21-12-5-8-20-15(10-12)6-1-2-7-15/h3-4,9,12H,1-2,5-8,10H2. The van der Waals surface area contributed by atoms with Crippen molar-refractivity contribution < 1.29 is 18.8 Å². The molecule has 21 heavy (non-hydrogen) atoms. The summed E-state index contributed by atoms with van der Waals surface area (Å²) in [6, 6.07) is 3.70. The van der Waals surface area contributed by atoms with Crippen molar-refractivity contribution in [2.24, 2.45) is 0 Å². The smallest absolute Gasteiger partial charge is 0.305 e. The van der Waals surface area contributed by atoms with Gasteiger partial charge in [0.25, 0.3) is 0 Å². The zero-order valence-corrected chi connectivity index (χ0v) is 11.7. The van der Waals surface area contributed by atoms with Gasteiger partial charge in [-0.05, 0) is 18.9 Å². The summed E-state index contributed by atoms with van der Waals surface area (Å²) in [5.41, 5.74) is -0.594. The van der Waals surface area contributed by atoms with Gasteiger partial charge in [0.15, 0.2) is 0 Å². The van der Waals surface area contributed by atoms with Crippen LogP contribution in [-0.2, 0) is 4.74 Å². The van der Waals surface area contributed by atoms with Crippen molar-refractivity contribution in [2.75, 3.05) is 6.61 Å². The first-order valence-electron chi connectivity index (χ1n) is 7.33. The van der Waals surface area contributed by atoms with Crippen LogP contribution in [0.25, 0.3) is 0 Å². The lowest BCUT2D eigenvalue weighted by Gasteiger charge is -2.38. The Kier molecular flexibility index (Phi) is 3.80. The van der Waals surface area contributed by atoms with Gasteiger partial charge in [-0.15, -0.1) is 0 Å². The molecule has 6 heteroatoms. The number of hydrogen-bond acceptors (Lipinski definition) is 4. The molecule has 1 unspecified atom stereocenters. The highest BCUT2D eigenvalue weighted by molar-refractivity contribution is 5.38. The van der Waals surface area contributed by atoms with E-state index in [1.165, 1.54) is 18.9 Å². The van der Waals surface area contributed by atoms with Crippen molar-refractivity contribution in [1.82, 2.24) is 0 Å². The zero-order chi connectivity index (χ0) is 14.9. The van der Waals surface area contributed by atoms with Gasteiger partial charge < -0.3 is 9.47 Å². The van der Waals surface area contributed by atoms with Crippen LogP contribution < -0.4 is 4.74 Å². The fourth-order valence-corrected chi connectivity index (χ4v) is 3.35. The van der Waals surface area contributed by atoms with E-state index in [0.29, 0.717) is 12.4 Å². The minimum absolute atomic E-state index is 0.0160. The van der Waals surface area contributed by atoms with Crippen molar-refractivity contribution in [3.05, 3.63) is 34.1 Å². The predicted octanol–water partition coefficient (Wildman–Crippen LogP) is 3.60. The number of ether oxygens (including phenoxy) is 2. The molecule has 1 aromatic carbocycles. The van der Waals surface area contributed by atoms with Crippen LogP contribution in [0.1, 0.15) is 38.5 Å². The van der Waals surface area contributed by atoms with E-state index in [1.54, 1.807) is 0 Å². The first-order chi connectivity index (χ1) is 10.1. The number of nitro groups is 1. The van der Waals surface area contributed by atoms with Gasteiger partial charge in [-0.25, -0.2) is 0 Å². The topological polar surface area (TPSA) is 61.6 Å². The highest BCUT2D eigenvalue weighted by Crippen LogP contribution is 2.41. The van der Waals surface area contributed by atoms with E-state index in [9.17, 15) is 14.5 Å². The molecule has 1 atom stereocenters. The normalized spacial score (nSPS) is 24.1. The molecule has 1 saturated carbocycles. The van der Waals surface area contributed by atoms with Gasteiger partial charge in [0.2, 0.25) is 5.82 Å². The van der Waals surface area contributed by atoms with Crippen LogP contribution >= 0.6 is 0 Å². The Morgan fingerprint density at radius 1 is 1.38 bits per heavy atom. The number of rotatable bonds is 3. The second kappa shape index (κ2) is 5.60. The molecule has 1 saturated heterocycles. The minimum Gasteiger partial charge on any atom is -0.490 e. The molecule has 2 fully saturated rings. The fraction of sp³-hybridized carbons (Fsp3) is 0.600. The third kappa shape index (κ3) is 3.00. The van der Waals surface area contributed by atoms with Crippen molar-refractivity contribution in [3.63, 3.8) is 0 Å². The summed E-state index contributed by atoms with van der Waals surface area (Å²) < 4.78 is 25.3. The monoisotopic (exact) mass is 295 g/mol. The lowest BCUT2D eigenvalue weighted by molar-refractivity contribution is -0.387. The quantitative estimate of drug-likeness (QED) is 0.631. The molecule has 3 rings (SSSR count). The van der Waals surface area contributed by atoms with Gasteiger partial charge in [-0.3, -0.25) is 10.1 Å². The summed E-state index contributed by atoms with van der Waals surface area (Å²) in [5.74, 6) is -0.515. The van der Waals surface area contributed by atoms with Gasteiger partial charge >= 0.3 is 5.69 Å². The molecule has 114 valence electrons. The number of halogens is 1. The van der Waals surface area contributed by atoms with Crippen LogP contribution in [0.3, 0.4) is 0 Å². The Labute approximate surface area is 122 Å². The molecule has 1 aliphatic carbocycles. The largest absolute Gasteiger partial charge is 0.490 e. The molecule has 5 nitrogen and oxygen atoms in total. The summed E-state index contributed by atoms with van der Waals surface area (Å²) in [7, 11) is 0. The molecule has 1 aliphatic heterocycles. The van der Waals surface area contributed by atoms with E-state index < -0.39 is 16.4 Å². The van der Waals surface area contributed by atoms with Gasteiger partial charge in [-0.2, -0.15) is 4.39 Å². The van der Waals surface area contributed by atoms with Gasteiger partial charge in [0.05, 0.1) is 17.1 Å². The summed E-state index contributed by atoms with van der Waals surface area (Å²) in [6.45, 7) is 0.653. The highest BCUT2D eigenvalue weighted by atomic mass is 19.1. The van der Waals surface area contributed by atoms with E-state index in [0.717, 1.165) is 37.8 Å². The van der Waals surface area contributed by atoms with Crippen LogP contribution in [0.5, 0.6) is 5.75 Å². The second-order valence-electron chi connectivity index (χ2n) is 5.84. The summed E-state index contributed by atoms with van der Waals surface area (Å²) in [5, 5.41) is 10.6. The first kappa shape index (κ1) is 14.3. The van der Waals surface area contributed by atoms with Crippen molar-refractivity contribution in [2.45, 2.75) is 50.2 Å². The second-order valence-corrected chi connectivity index (χ2v) is 5.84. The molecule has 0 N–H and O–H groups in total.